The van der Waals surface area contributed by atoms with Gasteiger partial charge in [-0.15, -0.1) is 0 Å². The zero-order valence-corrected chi connectivity index (χ0v) is 18.1. The molecule has 9 nitrogen and oxygen atoms in total. The number of unbranched alkanes of at least 4 members (excludes halogenated alkanes) is 1. The zero-order valence-electron chi connectivity index (χ0n) is 18.1. The molecule has 1 aromatic carbocycles. The van der Waals surface area contributed by atoms with Crippen LogP contribution in [0.3, 0.4) is 0 Å². The van der Waals surface area contributed by atoms with E-state index < -0.39 is 11.9 Å². The van der Waals surface area contributed by atoms with Crippen molar-refractivity contribution in [1.82, 2.24) is 14.5 Å². The minimum absolute atomic E-state index is 0.0674. The van der Waals surface area contributed by atoms with Gasteiger partial charge in [0.1, 0.15) is 5.75 Å². The normalized spacial score (nSPS) is 10.1. The molecule has 0 unspecified atom stereocenters. The predicted octanol–water partition coefficient (Wildman–Crippen LogP) is 2.08. The van der Waals surface area contributed by atoms with Crippen molar-refractivity contribution in [3.05, 3.63) is 34.9 Å². The number of carbonyl (C=O) groups is 2. The highest BCUT2D eigenvalue weighted by Gasteiger charge is 2.05. The molecular weight excluding hydrogens is 402 g/mol. The molecule has 0 atom stereocenters. The van der Waals surface area contributed by atoms with Gasteiger partial charge in [0.25, 0.3) is 5.56 Å². The molecule has 2 N–H and O–H groups in total. The number of aromatic nitrogens is 2. The fourth-order valence-electron chi connectivity index (χ4n) is 2.43. The Labute approximate surface area is 181 Å². The van der Waals surface area contributed by atoms with Gasteiger partial charge < -0.3 is 14.9 Å². The average Bonchev–Trinajstić information content (AvgIpc) is 2.76. The molecule has 2 aromatic rings. The van der Waals surface area contributed by atoms with Gasteiger partial charge in [0, 0.05) is 6.07 Å². The molecule has 1 aromatic heterocycles. The van der Waals surface area contributed by atoms with Gasteiger partial charge in [0.15, 0.2) is 0 Å². The minimum atomic E-state index is -1.82. The van der Waals surface area contributed by atoms with E-state index in [1.54, 1.807) is 17.0 Å². The van der Waals surface area contributed by atoms with Crippen LogP contribution in [0.2, 0.25) is 0 Å². The lowest BCUT2D eigenvalue weighted by atomic mass is 10.2. The topological polar surface area (TPSA) is 122 Å². The lowest BCUT2D eigenvalue weighted by Crippen LogP contribution is -2.23. The van der Waals surface area contributed by atoms with Crippen LogP contribution in [-0.4, -0.2) is 62.8 Å². The number of aliphatic carboxylic acids is 2. The standard InChI is InChI=1S/C20H27N3O2.C2H2O4/c1-4-7-14-25-17-10-11-18-19(15-17)21-16-23(20(18)24)13-9-8-12-22(5-2)6-3;3-1(4)2(5)6/h10-11,15-16H,4-7,12-14H2,1-3H3;(H,3,4)(H,5,6). The van der Waals surface area contributed by atoms with Crippen LogP contribution in [0.25, 0.3) is 10.9 Å². The molecule has 1 heterocycles. The minimum Gasteiger partial charge on any atom is -0.494 e. The third-order valence-corrected chi connectivity index (χ3v) is 4.32. The van der Waals surface area contributed by atoms with Crippen molar-refractivity contribution in [2.24, 2.45) is 0 Å². The first-order chi connectivity index (χ1) is 14.8. The van der Waals surface area contributed by atoms with Crippen LogP contribution in [0, 0.1) is 11.8 Å². The van der Waals surface area contributed by atoms with Crippen molar-refractivity contribution in [2.45, 2.75) is 40.2 Å². The van der Waals surface area contributed by atoms with Crippen molar-refractivity contribution < 1.29 is 24.5 Å². The number of rotatable bonds is 8. The molecule has 9 heteroatoms. The molecule has 0 saturated heterocycles. The van der Waals surface area contributed by atoms with Crippen LogP contribution < -0.4 is 10.3 Å². The first kappa shape index (κ1) is 25.7. The van der Waals surface area contributed by atoms with Gasteiger partial charge in [0.05, 0.1) is 36.9 Å². The van der Waals surface area contributed by atoms with Gasteiger partial charge >= 0.3 is 11.9 Å². The number of benzene rings is 1. The molecule has 0 amide bonds. The number of hydrogen-bond acceptors (Lipinski definition) is 6. The van der Waals surface area contributed by atoms with Gasteiger partial charge in [-0.1, -0.05) is 39.0 Å². The summed E-state index contributed by atoms with van der Waals surface area (Å²) < 4.78 is 7.22. The van der Waals surface area contributed by atoms with Crippen LogP contribution in [0.4, 0.5) is 0 Å². The quantitative estimate of drug-likeness (QED) is 0.370. The summed E-state index contributed by atoms with van der Waals surface area (Å²) in [5.74, 6) is 3.28. The molecule has 168 valence electrons. The molecule has 0 aliphatic heterocycles. The summed E-state index contributed by atoms with van der Waals surface area (Å²) in [5.41, 5.74) is 0.591. The maximum absolute atomic E-state index is 12.5. The summed E-state index contributed by atoms with van der Waals surface area (Å²) in [6.07, 6.45) is 3.66. The fraction of sp³-hybridized carbons (Fsp3) is 0.455. The Morgan fingerprint density at radius 1 is 1.13 bits per heavy atom. The number of carboxylic acids is 2. The SMILES string of the molecule is CCCCOc1ccc2c(=O)n(CC#CCN(CC)CC)cnc2c1.O=C(O)C(=O)O. The third-order valence-electron chi connectivity index (χ3n) is 4.32. The van der Waals surface area contributed by atoms with E-state index in [1.807, 2.05) is 12.1 Å². The number of ether oxygens (including phenoxy) is 1. The summed E-state index contributed by atoms with van der Waals surface area (Å²) in [4.78, 5) is 37.4. The second-order valence-corrected chi connectivity index (χ2v) is 6.48. The Morgan fingerprint density at radius 3 is 2.39 bits per heavy atom. The molecule has 0 aliphatic rings. The predicted molar refractivity (Wildman–Crippen MR) is 117 cm³/mol. The molecule has 0 saturated carbocycles. The molecule has 0 radical (unpaired) electrons. The van der Waals surface area contributed by atoms with E-state index in [9.17, 15) is 4.79 Å². The van der Waals surface area contributed by atoms with E-state index in [0.717, 1.165) is 38.2 Å². The van der Waals surface area contributed by atoms with Crippen molar-refractivity contribution in [3.63, 3.8) is 0 Å². The van der Waals surface area contributed by atoms with Gasteiger partial charge in [-0.2, -0.15) is 0 Å². The Hall–Kier alpha value is -3.38. The maximum Gasteiger partial charge on any atom is 0.414 e. The van der Waals surface area contributed by atoms with Crippen molar-refractivity contribution >= 4 is 22.8 Å². The van der Waals surface area contributed by atoms with Crippen LogP contribution in [0.15, 0.2) is 29.3 Å². The Balaban J connectivity index is 0.000000703. The number of nitrogens with zero attached hydrogens (tertiary/aromatic N) is 3. The highest BCUT2D eigenvalue weighted by molar-refractivity contribution is 6.27. The van der Waals surface area contributed by atoms with Crippen LogP contribution >= 0.6 is 0 Å². The Morgan fingerprint density at radius 2 is 1.81 bits per heavy atom. The summed E-state index contributed by atoms with van der Waals surface area (Å²) in [7, 11) is 0. The second-order valence-electron chi connectivity index (χ2n) is 6.48. The van der Waals surface area contributed by atoms with Crippen molar-refractivity contribution in [2.75, 3.05) is 26.2 Å². The van der Waals surface area contributed by atoms with E-state index in [2.05, 4.69) is 42.5 Å². The monoisotopic (exact) mass is 431 g/mol. The van der Waals surface area contributed by atoms with Crippen LogP contribution in [0.1, 0.15) is 33.6 Å². The van der Waals surface area contributed by atoms with Crippen molar-refractivity contribution in [1.29, 1.82) is 0 Å². The van der Waals surface area contributed by atoms with E-state index in [-0.39, 0.29) is 5.56 Å². The van der Waals surface area contributed by atoms with Gasteiger partial charge in [-0.05, 0) is 31.6 Å². The van der Waals surface area contributed by atoms with Gasteiger partial charge in [-0.3, -0.25) is 14.3 Å². The third kappa shape index (κ3) is 8.88. The largest absolute Gasteiger partial charge is 0.494 e. The molecule has 31 heavy (non-hydrogen) atoms. The number of hydrogen-bond donors (Lipinski definition) is 2. The summed E-state index contributed by atoms with van der Waals surface area (Å²) in [6, 6.07) is 5.44. The van der Waals surface area contributed by atoms with E-state index in [1.165, 1.54) is 0 Å². The van der Waals surface area contributed by atoms with Gasteiger partial charge in [0.2, 0.25) is 0 Å². The fourth-order valence-corrected chi connectivity index (χ4v) is 2.43. The summed E-state index contributed by atoms with van der Waals surface area (Å²) >= 11 is 0. The van der Waals surface area contributed by atoms with Crippen molar-refractivity contribution in [3.8, 4) is 17.6 Å². The van der Waals surface area contributed by atoms with E-state index >= 15 is 0 Å². The first-order valence-electron chi connectivity index (χ1n) is 10.1. The Bertz CT molecular complexity index is 974. The molecular formula is C22H29N3O6. The van der Waals surface area contributed by atoms with E-state index in [4.69, 9.17) is 24.5 Å². The highest BCUT2D eigenvalue weighted by atomic mass is 16.5. The first-order valence-corrected chi connectivity index (χ1v) is 10.1. The van der Waals surface area contributed by atoms with Crippen LogP contribution in [0.5, 0.6) is 5.75 Å². The lowest BCUT2D eigenvalue weighted by molar-refractivity contribution is -0.159. The summed E-state index contributed by atoms with van der Waals surface area (Å²) in [6.45, 7) is 10.1. The average molecular weight is 431 g/mol. The molecule has 0 aliphatic carbocycles. The molecule has 2 rings (SSSR count). The number of fused-ring (bicyclic) bond motifs is 1. The smallest absolute Gasteiger partial charge is 0.414 e. The highest BCUT2D eigenvalue weighted by Crippen LogP contribution is 2.16. The zero-order chi connectivity index (χ0) is 23.2. The Kier molecular flexibility index (Phi) is 11.4. The second kappa shape index (κ2) is 13.8. The lowest BCUT2D eigenvalue weighted by Gasteiger charge is -2.13. The molecule has 0 bridgehead atoms. The summed E-state index contributed by atoms with van der Waals surface area (Å²) in [5, 5.41) is 15.4. The van der Waals surface area contributed by atoms with E-state index in [0.29, 0.717) is 24.1 Å². The van der Waals surface area contributed by atoms with Crippen LogP contribution in [-0.2, 0) is 16.1 Å². The molecule has 0 fully saturated rings. The number of carboxylic acid groups (broad SMARTS) is 2. The molecule has 0 spiro atoms. The van der Waals surface area contributed by atoms with Gasteiger partial charge in [-0.25, -0.2) is 14.6 Å². The maximum atomic E-state index is 12.5.